The normalized spacial score (nSPS) is 10.3. The predicted octanol–water partition coefficient (Wildman–Crippen LogP) is 3.99. The number of aldehydes is 1. The number of nitrogens with zero attached hydrogens (tertiary/aromatic N) is 2. The average molecular weight is 362 g/mol. The van der Waals surface area contributed by atoms with Crippen molar-refractivity contribution >= 4 is 12.1 Å². The molecule has 0 atom stereocenters. The summed E-state index contributed by atoms with van der Waals surface area (Å²) in [5.74, 6) is 2.33. The van der Waals surface area contributed by atoms with Gasteiger partial charge >= 0.3 is 0 Å². The van der Waals surface area contributed by atoms with Crippen LogP contribution < -0.4 is 14.4 Å². The summed E-state index contributed by atoms with van der Waals surface area (Å²) in [5.41, 5.74) is 1.76. The minimum atomic E-state index is 0.519. The van der Waals surface area contributed by atoms with Gasteiger partial charge in [-0.2, -0.15) is 0 Å². The standard InChI is InChI=1S/C22H22N2O3/c1-24(13-14-26-20-9-7-18(16-25)8-10-20)22-12-11-21(15-23-22)27-17-19-5-3-2-4-6-19/h2-12,15-16H,13-14,17H2,1H3. The van der Waals surface area contributed by atoms with Gasteiger partial charge in [-0.25, -0.2) is 4.98 Å². The summed E-state index contributed by atoms with van der Waals surface area (Å²) < 4.78 is 11.5. The summed E-state index contributed by atoms with van der Waals surface area (Å²) in [5, 5.41) is 0. The number of likely N-dealkylation sites (N-methyl/N-ethyl adjacent to an activating group) is 1. The number of carbonyl (C=O) groups excluding carboxylic acids is 1. The monoisotopic (exact) mass is 362 g/mol. The highest BCUT2D eigenvalue weighted by Crippen LogP contribution is 2.16. The van der Waals surface area contributed by atoms with Crippen molar-refractivity contribution in [1.29, 1.82) is 0 Å². The molecule has 3 rings (SSSR count). The van der Waals surface area contributed by atoms with Crippen LogP contribution in [0.25, 0.3) is 0 Å². The van der Waals surface area contributed by atoms with Crippen molar-refractivity contribution in [3.05, 3.63) is 84.1 Å². The van der Waals surface area contributed by atoms with Crippen molar-refractivity contribution in [1.82, 2.24) is 4.98 Å². The Morgan fingerprint density at radius 3 is 2.33 bits per heavy atom. The summed E-state index contributed by atoms with van der Waals surface area (Å²) >= 11 is 0. The van der Waals surface area contributed by atoms with Crippen LogP contribution in [0, 0.1) is 0 Å². The number of anilines is 1. The highest BCUT2D eigenvalue weighted by molar-refractivity contribution is 5.74. The molecule has 0 aliphatic rings. The van der Waals surface area contributed by atoms with E-state index in [1.807, 2.05) is 54.4 Å². The molecule has 0 saturated carbocycles. The Kier molecular flexibility index (Phi) is 6.41. The topological polar surface area (TPSA) is 51.7 Å². The second kappa shape index (κ2) is 9.38. The van der Waals surface area contributed by atoms with Gasteiger partial charge < -0.3 is 14.4 Å². The highest BCUT2D eigenvalue weighted by atomic mass is 16.5. The van der Waals surface area contributed by atoms with Gasteiger partial charge in [-0.15, -0.1) is 0 Å². The minimum Gasteiger partial charge on any atom is -0.492 e. The number of carbonyl (C=O) groups is 1. The molecular weight excluding hydrogens is 340 g/mol. The molecule has 1 heterocycles. The van der Waals surface area contributed by atoms with Gasteiger partial charge in [-0.05, 0) is 42.0 Å². The minimum absolute atomic E-state index is 0.519. The van der Waals surface area contributed by atoms with E-state index in [-0.39, 0.29) is 0 Å². The van der Waals surface area contributed by atoms with Crippen LogP contribution in [0.15, 0.2) is 72.9 Å². The Balaban J connectivity index is 1.45. The van der Waals surface area contributed by atoms with Crippen LogP contribution in [0.5, 0.6) is 11.5 Å². The number of hydrogen-bond acceptors (Lipinski definition) is 5. The van der Waals surface area contributed by atoms with Gasteiger partial charge in [-0.3, -0.25) is 4.79 Å². The Hall–Kier alpha value is -3.34. The fraction of sp³-hybridized carbons (Fsp3) is 0.182. The maximum absolute atomic E-state index is 10.7. The summed E-state index contributed by atoms with van der Waals surface area (Å²) in [6.07, 6.45) is 2.55. The maximum atomic E-state index is 10.7. The van der Waals surface area contributed by atoms with Crippen LogP contribution in [0.2, 0.25) is 0 Å². The molecule has 0 fully saturated rings. The fourth-order valence-electron chi connectivity index (χ4n) is 2.48. The van der Waals surface area contributed by atoms with Gasteiger partial charge in [-0.1, -0.05) is 30.3 Å². The van der Waals surface area contributed by atoms with Crippen LogP contribution in [0.4, 0.5) is 5.82 Å². The number of pyridine rings is 1. The van der Waals surface area contributed by atoms with E-state index >= 15 is 0 Å². The second-order valence-corrected chi connectivity index (χ2v) is 6.08. The van der Waals surface area contributed by atoms with E-state index in [9.17, 15) is 4.79 Å². The lowest BCUT2D eigenvalue weighted by Gasteiger charge is -2.18. The van der Waals surface area contributed by atoms with Crippen LogP contribution in [0.3, 0.4) is 0 Å². The van der Waals surface area contributed by atoms with Crippen molar-refractivity contribution in [3.8, 4) is 11.5 Å². The third kappa shape index (κ3) is 5.57. The van der Waals surface area contributed by atoms with Crippen LogP contribution in [-0.2, 0) is 6.61 Å². The molecule has 0 N–H and O–H groups in total. The fourth-order valence-corrected chi connectivity index (χ4v) is 2.48. The first-order valence-corrected chi connectivity index (χ1v) is 8.76. The molecule has 0 spiro atoms. The van der Waals surface area contributed by atoms with Crippen LogP contribution >= 0.6 is 0 Å². The SMILES string of the molecule is CN(CCOc1ccc(C=O)cc1)c1ccc(OCc2ccccc2)cn1. The largest absolute Gasteiger partial charge is 0.492 e. The van der Waals surface area contributed by atoms with Crippen molar-refractivity contribution in [2.45, 2.75) is 6.61 Å². The molecule has 5 nitrogen and oxygen atoms in total. The number of ether oxygens (including phenoxy) is 2. The molecule has 0 radical (unpaired) electrons. The summed E-state index contributed by atoms with van der Waals surface area (Å²) in [6, 6.07) is 20.9. The molecule has 138 valence electrons. The van der Waals surface area contributed by atoms with Crippen molar-refractivity contribution in [2.24, 2.45) is 0 Å². The Morgan fingerprint density at radius 1 is 0.926 bits per heavy atom. The van der Waals surface area contributed by atoms with Gasteiger partial charge in [0.25, 0.3) is 0 Å². The van der Waals surface area contributed by atoms with Crippen molar-refractivity contribution < 1.29 is 14.3 Å². The zero-order chi connectivity index (χ0) is 18.9. The number of hydrogen-bond donors (Lipinski definition) is 0. The van der Waals surface area contributed by atoms with Gasteiger partial charge in [0.2, 0.25) is 0 Å². The van der Waals surface area contributed by atoms with E-state index < -0.39 is 0 Å². The van der Waals surface area contributed by atoms with E-state index in [0.29, 0.717) is 25.3 Å². The lowest BCUT2D eigenvalue weighted by molar-refractivity contribution is 0.112. The lowest BCUT2D eigenvalue weighted by Crippen LogP contribution is -2.24. The Morgan fingerprint density at radius 2 is 1.67 bits per heavy atom. The quantitative estimate of drug-likeness (QED) is 0.539. The van der Waals surface area contributed by atoms with Crippen molar-refractivity contribution in [3.63, 3.8) is 0 Å². The van der Waals surface area contributed by atoms with Gasteiger partial charge in [0, 0.05) is 12.6 Å². The first kappa shape index (κ1) is 18.5. The third-order valence-electron chi connectivity index (χ3n) is 4.07. The Bertz CT molecular complexity index is 834. The van der Waals surface area contributed by atoms with E-state index in [1.54, 1.807) is 30.5 Å². The first-order chi connectivity index (χ1) is 13.2. The van der Waals surface area contributed by atoms with E-state index in [4.69, 9.17) is 9.47 Å². The number of benzene rings is 2. The molecule has 5 heteroatoms. The van der Waals surface area contributed by atoms with Crippen molar-refractivity contribution in [2.75, 3.05) is 25.1 Å². The zero-order valence-corrected chi connectivity index (χ0v) is 15.2. The maximum Gasteiger partial charge on any atom is 0.150 e. The number of rotatable bonds is 9. The van der Waals surface area contributed by atoms with Gasteiger partial charge in [0.1, 0.15) is 36.8 Å². The molecule has 27 heavy (non-hydrogen) atoms. The van der Waals surface area contributed by atoms with Crippen LogP contribution in [-0.4, -0.2) is 31.5 Å². The smallest absolute Gasteiger partial charge is 0.150 e. The number of aromatic nitrogens is 1. The van der Waals surface area contributed by atoms with E-state index in [1.165, 1.54) is 0 Å². The lowest BCUT2D eigenvalue weighted by atomic mass is 10.2. The summed E-state index contributed by atoms with van der Waals surface area (Å²) in [6.45, 7) is 1.73. The molecule has 0 saturated heterocycles. The Labute approximate surface area is 159 Å². The molecule has 0 aliphatic heterocycles. The molecule has 2 aromatic carbocycles. The molecule has 0 amide bonds. The summed E-state index contributed by atoms with van der Waals surface area (Å²) in [7, 11) is 1.96. The van der Waals surface area contributed by atoms with Gasteiger partial charge in [0.05, 0.1) is 12.7 Å². The van der Waals surface area contributed by atoms with E-state index in [2.05, 4.69) is 4.98 Å². The zero-order valence-electron chi connectivity index (χ0n) is 15.2. The molecule has 0 bridgehead atoms. The predicted molar refractivity (Wildman–Crippen MR) is 106 cm³/mol. The van der Waals surface area contributed by atoms with Crippen LogP contribution in [0.1, 0.15) is 15.9 Å². The first-order valence-electron chi connectivity index (χ1n) is 8.76. The average Bonchev–Trinajstić information content (AvgIpc) is 2.74. The highest BCUT2D eigenvalue weighted by Gasteiger charge is 2.04. The molecule has 3 aromatic rings. The molecular formula is C22H22N2O3. The molecule has 0 aliphatic carbocycles. The van der Waals surface area contributed by atoms with E-state index in [0.717, 1.165) is 29.2 Å². The van der Waals surface area contributed by atoms with Gasteiger partial charge in [0.15, 0.2) is 0 Å². The second-order valence-electron chi connectivity index (χ2n) is 6.08. The molecule has 0 unspecified atom stereocenters. The third-order valence-corrected chi connectivity index (χ3v) is 4.07. The molecule has 1 aromatic heterocycles. The summed E-state index contributed by atoms with van der Waals surface area (Å²) in [4.78, 5) is 17.1.